The molecule has 1 saturated carbocycles. The molecule has 3 atom stereocenters. The summed E-state index contributed by atoms with van der Waals surface area (Å²) in [6.07, 6.45) is 4.66. The van der Waals surface area contributed by atoms with Gasteiger partial charge in [0, 0.05) is 12.1 Å². The fraction of sp³-hybridized carbons (Fsp3) is 0.917. The third-order valence-electron chi connectivity index (χ3n) is 3.25. The average molecular weight is 263 g/mol. The minimum absolute atomic E-state index is 0.316. The highest BCUT2D eigenvalue weighted by molar-refractivity contribution is 6.50. The van der Waals surface area contributed by atoms with Gasteiger partial charge in [0.25, 0.3) is 0 Å². The molecule has 4 heteroatoms. The Kier molecular flexibility index (Phi) is 5.37. The summed E-state index contributed by atoms with van der Waals surface area (Å²) in [6, 6.07) is 2.96. The number of nitrogens with one attached hydrogen (secondary N) is 1. The van der Waals surface area contributed by atoms with Crippen LogP contribution in [0, 0.1) is 17.2 Å². The molecule has 0 heterocycles. The molecule has 1 fully saturated rings. The summed E-state index contributed by atoms with van der Waals surface area (Å²) in [6.45, 7) is 4.26. The van der Waals surface area contributed by atoms with Crippen LogP contribution in [0.3, 0.4) is 0 Å². The molecule has 1 rings (SSSR count). The molecule has 2 nitrogen and oxygen atoms in total. The number of nitriles is 1. The maximum atomic E-state index is 8.65. The second-order valence-electron chi connectivity index (χ2n) is 4.77. The molecule has 0 aliphatic heterocycles. The Balaban J connectivity index is 2.15. The van der Waals surface area contributed by atoms with Crippen molar-refractivity contribution in [3.63, 3.8) is 0 Å². The number of halogens is 2. The van der Waals surface area contributed by atoms with E-state index < -0.39 is 4.33 Å². The summed E-state index contributed by atoms with van der Waals surface area (Å²) in [5.74, 6) is 0.469. The summed E-state index contributed by atoms with van der Waals surface area (Å²) in [4.78, 5) is 0. The summed E-state index contributed by atoms with van der Waals surface area (Å²) in [5.41, 5.74) is 0. The molecule has 0 aromatic heterocycles. The van der Waals surface area contributed by atoms with Gasteiger partial charge < -0.3 is 5.32 Å². The molecule has 16 heavy (non-hydrogen) atoms. The van der Waals surface area contributed by atoms with E-state index in [1.807, 2.05) is 0 Å². The largest absolute Gasteiger partial charge is 0.310 e. The van der Waals surface area contributed by atoms with Gasteiger partial charge in [-0.15, -0.1) is 23.2 Å². The van der Waals surface area contributed by atoms with Crippen LogP contribution in [0.5, 0.6) is 0 Å². The van der Waals surface area contributed by atoms with E-state index in [1.54, 1.807) is 0 Å². The second-order valence-corrected chi connectivity index (χ2v) is 6.32. The lowest BCUT2D eigenvalue weighted by Gasteiger charge is -2.20. The lowest BCUT2D eigenvalue weighted by molar-refractivity contribution is 0.407. The van der Waals surface area contributed by atoms with Crippen LogP contribution >= 0.6 is 23.2 Å². The van der Waals surface area contributed by atoms with Gasteiger partial charge in [0.1, 0.15) is 4.33 Å². The summed E-state index contributed by atoms with van der Waals surface area (Å²) >= 11 is 12.0. The Labute approximate surface area is 108 Å². The van der Waals surface area contributed by atoms with Gasteiger partial charge in [-0.3, -0.25) is 0 Å². The van der Waals surface area contributed by atoms with Gasteiger partial charge in [-0.25, -0.2) is 0 Å². The third-order valence-corrected chi connectivity index (χ3v) is 4.18. The van der Waals surface area contributed by atoms with E-state index in [2.05, 4.69) is 25.2 Å². The van der Waals surface area contributed by atoms with Crippen LogP contribution in [0.2, 0.25) is 0 Å². The molecule has 0 amide bonds. The lowest BCUT2D eigenvalue weighted by Crippen LogP contribution is -2.36. The van der Waals surface area contributed by atoms with Crippen molar-refractivity contribution >= 4 is 23.2 Å². The maximum Gasteiger partial charge on any atom is 0.121 e. The van der Waals surface area contributed by atoms with Crippen molar-refractivity contribution in [1.29, 1.82) is 5.26 Å². The number of alkyl halides is 2. The first-order valence-corrected chi connectivity index (χ1v) is 6.76. The van der Waals surface area contributed by atoms with Crippen molar-refractivity contribution < 1.29 is 0 Å². The van der Waals surface area contributed by atoms with Crippen LogP contribution in [0.1, 0.15) is 46.0 Å². The van der Waals surface area contributed by atoms with Gasteiger partial charge in [-0.2, -0.15) is 5.26 Å². The summed E-state index contributed by atoms with van der Waals surface area (Å²) in [5, 5.41) is 12.1. The molecule has 0 radical (unpaired) electrons. The van der Waals surface area contributed by atoms with Gasteiger partial charge in [-0.05, 0) is 38.5 Å². The summed E-state index contributed by atoms with van der Waals surface area (Å²) in [7, 11) is 0. The normalized spacial score (nSPS) is 25.8. The third kappa shape index (κ3) is 4.49. The molecular weight excluding hydrogens is 243 g/mol. The Bertz CT molecular complexity index is 260. The molecule has 0 saturated heterocycles. The van der Waals surface area contributed by atoms with E-state index in [0.29, 0.717) is 24.4 Å². The van der Waals surface area contributed by atoms with Crippen LogP contribution in [0.15, 0.2) is 0 Å². The number of rotatable bonds is 7. The fourth-order valence-corrected chi connectivity index (χ4v) is 2.54. The van der Waals surface area contributed by atoms with Crippen molar-refractivity contribution in [3.8, 4) is 6.07 Å². The van der Waals surface area contributed by atoms with Crippen molar-refractivity contribution in [1.82, 2.24) is 5.32 Å². The average Bonchev–Trinajstić information content (AvgIpc) is 2.83. The number of hydrogen-bond donors (Lipinski definition) is 1. The number of nitrogens with zero attached hydrogens (tertiary/aromatic N) is 1. The standard InChI is InChI=1S/C12H20Cl2N2/c1-3-11(6-7-15)16-9(2)4-5-10-8-12(10,13)14/h9-11,16H,3-6,8H2,1-2H3/t9-,10-,11-/m1/s1. The first kappa shape index (κ1) is 14.1. The fourth-order valence-electron chi connectivity index (χ4n) is 1.95. The molecule has 0 aromatic carbocycles. The number of hydrogen-bond acceptors (Lipinski definition) is 2. The predicted octanol–water partition coefficient (Wildman–Crippen LogP) is 3.63. The minimum atomic E-state index is -0.448. The van der Waals surface area contributed by atoms with Crippen LogP contribution in [0.25, 0.3) is 0 Å². The van der Waals surface area contributed by atoms with Gasteiger partial charge in [0.2, 0.25) is 0 Å². The smallest absolute Gasteiger partial charge is 0.121 e. The van der Waals surface area contributed by atoms with E-state index in [4.69, 9.17) is 28.5 Å². The Morgan fingerprint density at radius 3 is 2.62 bits per heavy atom. The molecule has 1 N–H and O–H groups in total. The maximum absolute atomic E-state index is 8.65. The van der Waals surface area contributed by atoms with E-state index >= 15 is 0 Å². The molecular formula is C12H20Cl2N2. The van der Waals surface area contributed by atoms with Crippen molar-refractivity contribution in [2.24, 2.45) is 5.92 Å². The first-order valence-electron chi connectivity index (χ1n) is 6.00. The highest BCUT2D eigenvalue weighted by Gasteiger charge is 2.50. The van der Waals surface area contributed by atoms with E-state index in [0.717, 1.165) is 25.7 Å². The molecule has 0 spiro atoms. The second kappa shape index (κ2) is 6.10. The Hall–Kier alpha value is 0.0300. The molecule has 1 aliphatic rings. The Morgan fingerprint density at radius 1 is 1.56 bits per heavy atom. The van der Waals surface area contributed by atoms with Gasteiger partial charge >= 0.3 is 0 Å². The highest BCUT2D eigenvalue weighted by Crippen LogP contribution is 2.55. The van der Waals surface area contributed by atoms with Crippen LogP contribution < -0.4 is 5.32 Å². The van der Waals surface area contributed by atoms with E-state index in [9.17, 15) is 0 Å². The highest BCUT2D eigenvalue weighted by atomic mass is 35.5. The SMILES string of the molecule is CC[C@H](CC#N)N[C@H](C)CC[C@@H]1CC1(Cl)Cl. The van der Waals surface area contributed by atoms with Crippen molar-refractivity contribution in [3.05, 3.63) is 0 Å². The Morgan fingerprint density at radius 2 is 2.19 bits per heavy atom. The first-order chi connectivity index (χ1) is 7.49. The molecule has 92 valence electrons. The predicted molar refractivity (Wildman–Crippen MR) is 68.7 cm³/mol. The van der Waals surface area contributed by atoms with Crippen LogP contribution in [0.4, 0.5) is 0 Å². The summed E-state index contributed by atoms with van der Waals surface area (Å²) < 4.78 is -0.448. The zero-order chi connectivity index (χ0) is 12.2. The van der Waals surface area contributed by atoms with E-state index in [1.165, 1.54) is 0 Å². The molecule has 0 aromatic rings. The monoisotopic (exact) mass is 262 g/mol. The molecule has 0 bridgehead atoms. The zero-order valence-corrected chi connectivity index (χ0v) is 11.5. The molecule has 1 aliphatic carbocycles. The van der Waals surface area contributed by atoms with Gasteiger partial charge in [0.15, 0.2) is 0 Å². The van der Waals surface area contributed by atoms with E-state index in [-0.39, 0.29) is 0 Å². The van der Waals surface area contributed by atoms with Gasteiger partial charge in [-0.1, -0.05) is 6.92 Å². The van der Waals surface area contributed by atoms with Gasteiger partial charge in [0.05, 0.1) is 12.5 Å². The van der Waals surface area contributed by atoms with Crippen LogP contribution in [-0.4, -0.2) is 16.4 Å². The quantitative estimate of drug-likeness (QED) is 0.712. The lowest BCUT2D eigenvalue weighted by atomic mass is 10.1. The van der Waals surface area contributed by atoms with Crippen molar-refractivity contribution in [2.45, 2.75) is 62.4 Å². The topological polar surface area (TPSA) is 35.8 Å². The zero-order valence-electron chi connectivity index (χ0n) is 9.97. The minimum Gasteiger partial charge on any atom is -0.310 e. The molecule has 0 unspecified atom stereocenters. The van der Waals surface area contributed by atoms with Crippen LogP contribution in [-0.2, 0) is 0 Å². The van der Waals surface area contributed by atoms with Crippen molar-refractivity contribution in [2.75, 3.05) is 0 Å².